The van der Waals surface area contributed by atoms with Gasteiger partial charge in [-0.3, -0.25) is 0 Å². The molecule has 0 N–H and O–H groups in total. The lowest BCUT2D eigenvalue weighted by atomic mass is 10.6. The van der Waals surface area contributed by atoms with Crippen LogP contribution in [0.1, 0.15) is 0 Å². The van der Waals surface area contributed by atoms with Crippen molar-refractivity contribution in [1.82, 2.24) is 4.31 Å². The highest BCUT2D eigenvalue weighted by atomic mass is 79.9. The SMILES string of the molecule is O=S(=O)(c1ccc(Cl)s1)N(CCBr)CC(F)(F)F. The Bertz CT molecular complexity index is 503. The molecule has 0 spiro atoms. The molecule has 0 aromatic carbocycles. The van der Waals surface area contributed by atoms with Crippen molar-refractivity contribution in [2.24, 2.45) is 0 Å². The van der Waals surface area contributed by atoms with Crippen molar-refractivity contribution in [2.75, 3.05) is 18.4 Å². The molecule has 3 nitrogen and oxygen atoms in total. The Labute approximate surface area is 120 Å². The molecule has 0 atom stereocenters. The third-order valence-corrected chi connectivity index (χ3v) is 5.73. The fraction of sp³-hybridized carbons (Fsp3) is 0.500. The zero-order valence-corrected chi connectivity index (χ0v) is 12.7. The van der Waals surface area contributed by atoms with Crippen molar-refractivity contribution in [3.05, 3.63) is 16.5 Å². The molecule has 10 heteroatoms. The van der Waals surface area contributed by atoms with Gasteiger partial charge in [0.1, 0.15) is 10.8 Å². The van der Waals surface area contributed by atoms with Gasteiger partial charge < -0.3 is 0 Å². The molecule has 0 radical (unpaired) electrons. The average molecular weight is 387 g/mol. The van der Waals surface area contributed by atoms with Gasteiger partial charge in [0, 0.05) is 11.9 Å². The summed E-state index contributed by atoms with van der Waals surface area (Å²) < 4.78 is 61.3. The summed E-state index contributed by atoms with van der Waals surface area (Å²) in [4.78, 5) is 0. The molecular formula is C8H8BrClF3NO2S2. The molecule has 0 fully saturated rings. The molecular weight excluding hydrogens is 379 g/mol. The molecule has 0 bridgehead atoms. The van der Waals surface area contributed by atoms with Gasteiger partial charge in [0.2, 0.25) is 0 Å². The second kappa shape index (κ2) is 6.08. The Morgan fingerprint density at radius 3 is 2.39 bits per heavy atom. The highest BCUT2D eigenvalue weighted by Crippen LogP contribution is 2.29. The van der Waals surface area contributed by atoms with E-state index in [9.17, 15) is 21.6 Å². The standard InChI is InChI=1S/C8H8BrClF3NO2S2/c9-3-4-14(5-8(11,12)13)18(15,16)7-2-1-6(10)17-7/h1-2H,3-5H2. The molecule has 0 unspecified atom stereocenters. The Hall–Kier alpha value is 0.170. The number of hydrogen-bond donors (Lipinski definition) is 0. The fourth-order valence-corrected chi connectivity index (χ4v) is 4.87. The lowest BCUT2D eigenvalue weighted by Gasteiger charge is -2.21. The van der Waals surface area contributed by atoms with Gasteiger partial charge in [-0.25, -0.2) is 8.42 Å². The van der Waals surface area contributed by atoms with Gasteiger partial charge in [0.25, 0.3) is 10.0 Å². The Morgan fingerprint density at radius 2 is 2.00 bits per heavy atom. The van der Waals surface area contributed by atoms with E-state index in [1.807, 2.05) is 0 Å². The van der Waals surface area contributed by atoms with Crippen molar-refractivity contribution >= 4 is 48.9 Å². The number of rotatable bonds is 5. The molecule has 0 aliphatic heterocycles. The first-order chi connectivity index (χ1) is 8.16. The van der Waals surface area contributed by atoms with Gasteiger partial charge in [-0.1, -0.05) is 27.5 Å². The lowest BCUT2D eigenvalue weighted by Crippen LogP contribution is -2.39. The Balaban J connectivity index is 3.04. The van der Waals surface area contributed by atoms with Crippen molar-refractivity contribution in [3.63, 3.8) is 0 Å². The van der Waals surface area contributed by atoms with Crippen LogP contribution in [-0.4, -0.2) is 37.3 Å². The molecule has 0 saturated heterocycles. The monoisotopic (exact) mass is 385 g/mol. The molecule has 18 heavy (non-hydrogen) atoms. The van der Waals surface area contributed by atoms with Crippen LogP contribution >= 0.6 is 38.9 Å². The molecule has 1 aromatic heterocycles. The number of thiophene rings is 1. The Morgan fingerprint density at radius 1 is 1.39 bits per heavy atom. The van der Waals surface area contributed by atoms with E-state index in [1.54, 1.807) is 0 Å². The van der Waals surface area contributed by atoms with Gasteiger partial charge in [-0.15, -0.1) is 11.3 Å². The summed E-state index contributed by atoms with van der Waals surface area (Å²) in [5.41, 5.74) is 0. The topological polar surface area (TPSA) is 37.4 Å². The minimum absolute atomic E-state index is 0.113. The molecule has 0 saturated carbocycles. The molecule has 1 heterocycles. The minimum Gasteiger partial charge on any atom is -0.206 e. The summed E-state index contributed by atoms with van der Waals surface area (Å²) in [7, 11) is -4.16. The maximum absolute atomic E-state index is 12.3. The van der Waals surface area contributed by atoms with E-state index in [0.717, 1.165) is 11.3 Å². The smallest absolute Gasteiger partial charge is 0.206 e. The van der Waals surface area contributed by atoms with Gasteiger partial charge in [-0.2, -0.15) is 17.5 Å². The van der Waals surface area contributed by atoms with E-state index in [0.29, 0.717) is 4.31 Å². The quantitative estimate of drug-likeness (QED) is 0.728. The van der Waals surface area contributed by atoms with Crippen molar-refractivity contribution < 1.29 is 21.6 Å². The van der Waals surface area contributed by atoms with E-state index in [1.165, 1.54) is 12.1 Å². The number of alkyl halides is 4. The number of hydrogen-bond acceptors (Lipinski definition) is 3. The first kappa shape index (κ1) is 16.2. The van der Waals surface area contributed by atoms with Crippen molar-refractivity contribution in [2.45, 2.75) is 10.4 Å². The lowest BCUT2D eigenvalue weighted by molar-refractivity contribution is -0.135. The maximum Gasteiger partial charge on any atom is 0.402 e. The zero-order chi connectivity index (χ0) is 14.0. The van der Waals surface area contributed by atoms with E-state index in [-0.39, 0.29) is 20.4 Å². The molecule has 1 aromatic rings. The predicted molar refractivity (Wildman–Crippen MR) is 67.9 cm³/mol. The minimum atomic E-state index is -4.59. The van der Waals surface area contributed by atoms with Crippen LogP contribution in [0.25, 0.3) is 0 Å². The van der Waals surface area contributed by atoms with E-state index >= 15 is 0 Å². The molecule has 0 aliphatic carbocycles. The first-order valence-electron chi connectivity index (χ1n) is 4.55. The van der Waals surface area contributed by atoms with Gasteiger partial charge in [-0.05, 0) is 12.1 Å². The fourth-order valence-electron chi connectivity index (χ4n) is 1.14. The third kappa shape index (κ3) is 4.37. The predicted octanol–water partition coefficient (Wildman–Crippen LogP) is 3.35. The van der Waals surface area contributed by atoms with Gasteiger partial charge in [0.15, 0.2) is 0 Å². The summed E-state index contributed by atoms with van der Waals surface area (Å²) in [5.74, 6) is 0. The molecule has 0 aliphatic rings. The first-order valence-corrected chi connectivity index (χ1v) is 8.30. The maximum atomic E-state index is 12.3. The second-order valence-corrected chi connectivity index (χ2v) is 7.87. The normalized spacial score (nSPS) is 13.2. The number of nitrogens with zero attached hydrogens (tertiary/aromatic N) is 1. The van der Waals surface area contributed by atoms with Crippen LogP contribution in [0.3, 0.4) is 0 Å². The van der Waals surface area contributed by atoms with Crippen LogP contribution in [0.5, 0.6) is 0 Å². The summed E-state index contributed by atoms with van der Waals surface area (Å²) in [6.07, 6.45) is -4.59. The molecule has 104 valence electrons. The van der Waals surface area contributed by atoms with Gasteiger partial charge in [0.05, 0.1) is 4.34 Å². The summed E-state index contributed by atoms with van der Waals surface area (Å²) in [6, 6.07) is 2.53. The highest BCUT2D eigenvalue weighted by Gasteiger charge is 2.37. The van der Waals surface area contributed by atoms with Crippen molar-refractivity contribution in [1.29, 1.82) is 0 Å². The van der Waals surface area contributed by atoms with E-state index in [2.05, 4.69) is 15.9 Å². The van der Waals surface area contributed by atoms with Crippen LogP contribution in [0, 0.1) is 0 Å². The van der Waals surface area contributed by atoms with Crippen LogP contribution in [0.2, 0.25) is 4.34 Å². The van der Waals surface area contributed by atoms with Gasteiger partial charge >= 0.3 is 6.18 Å². The van der Waals surface area contributed by atoms with E-state index < -0.39 is 22.7 Å². The zero-order valence-electron chi connectivity index (χ0n) is 8.75. The number of sulfonamides is 1. The molecule has 1 rings (SSSR count). The average Bonchev–Trinajstić information content (AvgIpc) is 2.63. The van der Waals surface area contributed by atoms with Crippen LogP contribution in [-0.2, 0) is 10.0 Å². The van der Waals surface area contributed by atoms with Crippen LogP contribution < -0.4 is 0 Å². The summed E-state index contributed by atoms with van der Waals surface area (Å²) in [6.45, 7) is -1.78. The van der Waals surface area contributed by atoms with Crippen LogP contribution in [0.15, 0.2) is 16.3 Å². The second-order valence-electron chi connectivity index (χ2n) is 3.20. The Kier molecular flexibility index (Phi) is 5.48. The highest BCUT2D eigenvalue weighted by molar-refractivity contribution is 9.09. The number of halogens is 5. The molecule has 0 amide bonds. The third-order valence-electron chi connectivity index (χ3n) is 1.83. The summed E-state index contributed by atoms with van der Waals surface area (Å²) in [5, 5.41) is 0.113. The van der Waals surface area contributed by atoms with Crippen molar-refractivity contribution in [3.8, 4) is 0 Å². The summed E-state index contributed by atoms with van der Waals surface area (Å²) >= 11 is 9.25. The largest absolute Gasteiger partial charge is 0.402 e. The van der Waals surface area contributed by atoms with Crippen LogP contribution in [0.4, 0.5) is 13.2 Å². The van der Waals surface area contributed by atoms with E-state index in [4.69, 9.17) is 11.6 Å².